The molecule has 0 aliphatic carbocycles. The summed E-state index contributed by atoms with van der Waals surface area (Å²) in [5.41, 5.74) is -0.347. The molecule has 0 spiro atoms. The number of carbonyl (C=O) groups excluding carboxylic acids is 2. The number of imide groups is 1. The number of amides is 2. The Morgan fingerprint density at radius 3 is 2.00 bits per heavy atom. The lowest BCUT2D eigenvalue weighted by molar-refractivity contribution is -0.143. The lowest BCUT2D eigenvalue weighted by Gasteiger charge is -2.31. The van der Waals surface area contributed by atoms with Crippen molar-refractivity contribution in [2.24, 2.45) is 0 Å². The summed E-state index contributed by atoms with van der Waals surface area (Å²) in [6, 6.07) is 5.87. The highest BCUT2D eigenvalue weighted by Crippen LogP contribution is 2.23. The molecule has 0 bridgehead atoms. The van der Waals surface area contributed by atoms with Crippen LogP contribution in [0.4, 0.5) is 9.59 Å². The standard InChI is InChI=1S/C21H28N2O6/c1-20(2,3)28-18(26)23(19(27)29-21(4,5)6)16(17(24)25)11-13-12-22-15-10-8-7-9-14(13)15/h7-10,12,16,22H,11H2,1-6H3,(H,24,25)/t16-/m0/s1. The van der Waals surface area contributed by atoms with Crippen LogP contribution in [0.1, 0.15) is 47.1 Å². The number of carboxylic acid groups (broad SMARTS) is 1. The Balaban J connectivity index is 2.43. The molecule has 0 saturated carbocycles. The first-order valence-corrected chi connectivity index (χ1v) is 9.31. The van der Waals surface area contributed by atoms with Crippen molar-refractivity contribution in [2.45, 2.75) is 65.2 Å². The molecule has 158 valence electrons. The van der Waals surface area contributed by atoms with E-state index in [0.717, 1.165) is 10.9 Å². The van der Waals surface area contributed by atoms with Gasteiger partial charge in [0.2, 0.25) is 0 Å². The van der Waals surface area contributed by atoms with Gasteiger partial charge in [-0.2, -0.15) is 4.90 Å². The molecule has 1 aromatic carbocycles. The summed E-state index contributed by atoms with van der Waals surface area (Å²) in [4.78, 5) is 41.2. The van der Waals surface area contributed by atoms with Crippen LogP contribution in [-0.4, -0.2) is 50.4 Å². The number of aromatic nitrogens is 1. The second-order valence-corrected chi connectivity index (χ2v) is 8.75. The lowest BCUT2D eigenvalue weighted by atomic mass is 10.0. The van der Waals surface area contributed by atoms with E-state index in [4.69, 9.17) is 9.47 Å². The van der Waals surface area contributed by atoms with Crippen molar-refractivity contribution in [3.63, 3.8) is 0 Å². The average molecular weight is 404 g/mol. The molecule has 1 heterocycles. The summed E-state index contributed by atoms with van der Waals surface area (Å²) < 4.78 is 10.6. The molecule has 0 saturated heterocycles. The van der Waals surface area contributed by atoms with Crippen molar-refractivity contribution in [3.05, 3.63) is 36.0 Å². The quantitative estimate of drug-likeness (QED) is 0.785. The first kappa shape index (κ1) is 22.3. The first-order chi connectivity index (χ1) is 13.3. The second kappa shape index (κ2) is 8.14. The summed E-state index contributed by atoms with van der Waals surface area (Å²) in [5, 5.41) is 10.7. The van der Waals surface area contributed by atoms with Crippen molar-refractivity contribution in [1.29, 1.82) is 0 Å². The highest BCUT2D eigenvalue weighted by Gasteiger charge is 2.40. The summed E-state index contributed by atoms with van der Waals surface area (Å²) in [6.45, 7) is 9.80. The minimum Gasteiger partial charge on any atom is -0.480 e. The van der Waals surface area contributed by atoms with E-state index in [1.165, 1.54) is 0 Å². The van der Waals surface area contributed by atoms with Crippen LogP contribution < -0.4 is 0 Å². The van der Waals surface area contributed by atoms with Crippen LogP contribution in [0, 0.1) is 0 Å². The van der Waals surface area contributed by atoms with Crippen LogP contribution in [0.3, 0.4) is 0 Å². The fraction of sp³-hybridized carbons (Fsp3) is 0.476. The maximum atomic E-state index is 12.8. The number of fused-ring (bicyclic) bond motifs is 1. The number of nitrogens with one attached hydrogen (secondary N) is 1. The Kier molecular flexibility index (Phi) is 6.25. The van der Waals surface area contributed by atoms with Gasteiger partial charge in [0.25, 0.3) is 0 Å². The number of nitrogens with zero attached hydrogens (tertiary/aromatic N) is 1. The number of aliphatic carboxylic acids is 1. The zero-order valence-electron chi connectivity index (χ0n) is 17.6. The maximum absolute atomic E-state index is 12.8. The highest BCUT2D eigenvalue weighted by atomic mass is 16.6. The van der Waals surface area contributed by atoms with Gasteiger partial charge in [-0.25, -0.2) is 14.4 Å². The molecule has 2 amide bonds. The van der Waals surface area contributed by atoms with Crippen LogP contribution in [0.2, 0.25) is 0 Å². The molecule has 2 aromatic rings. The van der Waals surface area contributed by atoms with Crippen LogP contribution in [0.5, 0.6) is 0 Å². The minimum atomic E-state index is -1.50. The Bertz CT molecular complexity index is 876. The first-order valence-electron chi connectivity index (χ1n) is 9.31. The number of ether oxygens (including phenoxy) is 2. The van der Waals surface area contributed by atoms with Gasteiger partial charge in [0, 0.05) is 23.5 Å². The van der Waals surface area contributed by atoms with Crippen molar-refractivity contribution >= 4 is 29.1 Å². The van der Waals surface area contributed by atoms with Crippen LogP contribution in [0.25, 0.3) is 10.9 Å². The zero-order chi connectivity index (χ0) is 22.0. The monoisotopic (exact) mass is 404 g/mol. The fourth-order valence-corrected chi connectivity index (χ4v) is 2.75. The van der Waals surface area contributed by atoms with E-state index < -0.39 is 35.4 Å². The Labute approximate surface area is 169 Å². The maximum Gasteiger partial charge on any atom is 0.420 e. The molecule has 29 heavy (non-hydrogen) atoms. The normalized spacial score (nSPS) is 13.0. The van der Waals surface area contributed by atoms with Crippen molar-refractivity contribution in [1.82, 2.24) is 9.88 Å². The van der Waals surface area contributed by atoms with Crippen molar-refractivity contribution in [3.8, 4) is 0 Å². The number of para-hydroxylation sites is 1. The van der Waals surface area contributed by atoms with E-state index in [2.05, 4.69) is 4.98 Å². The Morgan fingerprint density at radius 2 is 1.52 bits per heavy atom. The predicted molar refractivity (Wildman–Crippen MR) is 108 cm³/mol. The van der Waals surface area contributed by atoms with Crippen LogP contribution in [0.15, 0.2) is 30.5 Å². The minimum absolute atomic E-state index is 0.0994. The molecule has 0 unspecified atom stereocenters. The summed E-state index contributed by atoms with van der Waals surface area (Å²) in [7, 11) is 0. The third-order valence-electron chi connectivity index (χ3n) is 3.87. The third kappa shape index (κ3) is 5.97. The molecule has 2 N–H and O–H groups in total. The molecule has 1 atom stereocenters. The number of carboxylic acids is 1. The van der Waals surface area contributed by atoms with Gasteiger partial charge in [-0.05, 0) is 53.2 Å². The van der Waals surface area contributed by atoms with Gasteiger partial charge < -0.3 is 19.6 Å². The lowest BCUT2D eigenvalue weighted by Crippen LogP contribution is -2.52. The predicted octanol–water partition coefficient (Wildman–Crippen LogP) is 4.34. The molecule has 0 aliphatic heterocycles. The average Bonchev–Trinajstić information content (AvgIpc) is 2.94. The van der Waals surface area contributed by atoms with Gasteiger partial charge in [0.05, 0.1) is 0 Å². The summed E-state index contributed by atoms with van der Waals surface area (Å²) in [5.74, 6) is -1.34. The highest BCUT2D eigenvalue weighted by molar-refractivity contribution is 5.94. The fourth-order valence-electron chi connectivity index (χ4n) is 2.75. The Hall–Kier alpha value is -3.03. The van der Waals surface area contributed by atoms with Crippen LogP contribution >= 0.6 is 0 Å². The van der Waals surface area contributed by atoms with Gasteiger partial charge in [-0.3, -0.25) is 0 Å². The number of aromatic amines is 1. The SMILES string of the molecule is CC(C)(C)OC(=O)N(C(=O)OC(C)(C)C)[C@@H](Cc1c[nH]c2ccccc12)C(=O)O. The van der Waals surface area contributed by atoms with Gasteiger partial charge in [0.15, 0.2) is 0 Å². The molecule has 8 heteroatoms. The zero-order valence-corrected chi connectivity index (χ0v) is 17.6. The number of carbonyl (C=O) groups is 3. The number of hydrogen-bond donors (Lipinski definition) is 2. The van der Waals surface area contributed by atoms with Crippen molar-refractivity contribution in [2.75, 3.05) is 0 Å². The number of H-pyrrole nitrogens is 1. The molecule has 0 aliphatic rings. The molecule has 2 rings (SSSR count). The second-order valence-electron chi connectivity index (χ2n) is 8.75. The molecule has 1 aromatic heterocycles. The van der Waals surface area contributed by atoms with Gasteiger partial charge in [-0.1, -0.05) is 18.2 Å². The molecule has 8 nitrogen and oxygen atoms in total. The molecule has 0 radical (unpaired) electrons. The van der Waals surface area contributed by atoms with Gasteiger partial charge in [0.1, 0.15) is 17.2 Å². The van der Waals surface area contributed by atoms with Crippen LogP contribution in [-0.2, 0) is 20.7 Å². The molecular formula is C21H28N2O6. The van der Waals surface area contributed by atoms with Crippen molar-refractivity contribution < 1.29 is 29.0 Å². The Morgan fingerprint density at radius 1 is 1.00 bits per heavy atom. The topological polar surface area (TPSA) is 109 Å². The number of hydrogen-bond acceptors (Lipinski definition) is 5. The van der Waals surface area contributed by atoms with E-state index in [1.807, 2.05) is 24.3 Å². The summed E-state index contributed by atoms with van der Waals surface area (Å²) >= 11 is 0. The largest absolute Gasteiger partial charge is 0.480 e. The van der Waals surface area contributed by atoms with E-state index in [-0.39, 0.29) is 6.42 Å². The van der Waals surface area contributed by atoms with Gasteiger partial charge in [-0.15, -0.1) is 0 Å². The number of rotatable bonds is 4. The number of benzene rings is 1. The van der Waals surface area contributed by atoms with E-state index in [9.17, 15) is 19.5 Å². The molecule has 0 fully saturated rings. The van der Waals surface area contributed by atoms with E-state index >= 15 is 0 Å². The van der Waals surface area contributed by atoms with E-state index in [0.29, 0.717) is 10.5 Å². The summed E-state index contributed by atoms with van der Waals surface area (Å²) in [6.07, 6.45) is -0.571. The smallest absolute Gasteiger partial charge is 0.420 e. The third-order valence-corrected chi connectivity index (χ3v) is 3.87. The van der Waals surface area contributed by atoms with E-state index in [1.54, 1.807) is 47.7 Å². The molecular weight excluding hydrogens is 376 g/mol. The van der Waals surface area contributed by atoms with Gasteiger partial charge >= 0.3 is 18.2 Å².